The van der Waals surface area contributed by atoms with Crippen molar-refractivity contribution in [1.82, 2.24) is 4.90 Å². The van der Waals surface area contributed by atoms with Gasteiger partial charge >= 0.3 is 5.97 Å². The van der Waals surface area contributed by atoms with Gasteiger partial charge in [-0.1, -0.05) is 12.8 Å². The number of benzene rings is 1. The molecule has 1 atom stereocenters. The molecule has 2 rings (SSSR count). The number of nitrogens with zero attached hydrogens (tertiary/aromatic N) is 2. The lowest BCUT2D eigenvalue weighted by atomic mass is 10.2. The van der Waals surface area contributed by atoms with E-state index in [9.17, 15) is 28.1 Å². The Hall–Kier alpha value is -2.49. The van der Waals surface area contributed by atoms with Crippen molar-refractivity contribution in [3.8, 4) is 0 Å². The molecule has 1 aromatic rings. The molecule has 0 N–H and O–H groups in total. The first-order valence-corrected chi connectivity index (χ1v) is 10.5. The minimum Gasteiger partial charge on any atom is -0.449 e. The first-order valence-electron chi connectivity index (χ1n) is 8.59. The number of ether oxygens (including phenoxy) is 1. The molecule has 0 aliphatic carbocycles. The molecule has 1 fully saturated rings. The molecule has 9 nitrogen and oxygen atoms in total. The van der Waals surface area contributed by atoms with Gasteiger partial charge in [-0.05, 0) is 31.9 Å². The predicted octanol–water partition coefficient (Wildman–Crippen LogP) is 1.95. The number of carbonyl (C=O) groups is 2. The molecule has 0 unspecified atom stereocenters. The molecule has 1 amide bonds. The van der Waals surface area contributed by atoms with Crippen LogP contribution in [0.3, 0.4) is 0 Å². The molecule has 1 saturated heterocycles. The molecule has 10 heteroatoms. The number of hydrogen-bond acceptors (Lipinski definition) is 7. The lowest BCUT2D eigenvalue weighted by Crippen LogP contribution is -2.40. The molecule has 1 heterocycles. The summed E-state index contributed by atoms with van der Waals surface area (Å²) in [5, 5.41) is 11.1. The third-order valence-corrected chi connectivity index (χ3v) is 5.48. The maximum absolute atomic E-state index is 12.4. The van der Waals surface area contributed by atoms with Gasteiger partial charge in [-0.3, -0.25) is 14.9 Å². The lowest BCUT2D eigenvalue weighted by Gasteiger charge is -2.24. The zero-order chi connectivity index (χ0) is 20.2. The molecule has 0 bridgehead atoms. The van der Waals surface area contributed by atoms with Gasteiger partial charge in [0.1, 0.15) is 4.90 Å². The van der Waals surface area contributed by atoms with E-state index in [1.54, 1.807) is 4.90 Å². The first-order chi connectivity index (χ1) is 12.6. The van der Waals surface area contributed by atoms with Crippen LogP contribution in [-0.2, 0) is 19.4 Å². The topological polar surface area (TPSA) is 124 Å². The van der Waals surface area contributed by atoms with E-state index < -0.39 is 37.4 Å². The maximum atomic E-state index is 12.4. The largest absolute Gasteiger partial charge is 0.449 e. The first kappa shape index (κ1) is 20.8. The van der Waals surface area contributed by atoms with Crippen LogP contribution in [0.5, 0.6) is 0 Å². The van der Waals surface area contributed by atoms with Gasteiger partial charge in [0, 0.05) is 25.4 Å². The quantitative estimate of drug-likeness (QED) is 0.422. The third kappa shape index (κ3) is 5.25. The highest BCUT2D eigenvalue weighted by Gasteiger charge is 2.28. The molecular formula is C17H22N2O7S. The lowest BCUT2D eigenvalue weighted by molar-refractivity contribution is -0.387. The van der Waals surface area contributed by atoms with Crippen molar-refractivity contribution in [2.45, 2.75) is 43.6 Å². The Morgan fingerprint density at radius 2 is 1.78 bits per heavy atom. The summed E-state index contributed by atoms with van der Waals surface area (Å²) in [7, 11) is -3.83. The van der Waals surface area contributed by atoms with E-state index in [4.69, 9.17) is 4.74 Å². The normalized spacial score (nSPS) is 16.3. The Balaban J connectivity index is 2.16. The number of amides is 1. The van der Waals surface area contributed by atoms with Crippen LogP contribution in [-0.4, -0.2) is 55.6 Å². The monoisotopic (exact) mass is 398 g/mol. The van der Waals surface area contributed by atoms with Gasteiger partial charge in [0.05, 0.1) is 10.5 Å². The second-order valence-corrected chi connectivity index (χ2v) is 8.48. The van der Waals surface area contributed by atoms with E-state index in [2.05, 4.69) is 0 Å². The fourth-order valence-corrected chi connectivity index (χ4v) is 3.76. The Morgan fingerprint density at radius 1 is 1.19 bits per heavy atom. The second kappa shape index (κ2) is 8.47. The summed E-state index contributed by atoms with van der Waals surface area (Å²) in [5.41, 5.74) is -0.900. The number of nitro benzene ring substituents is 1. The fraction of sp³-hybridized carbons (Fsp3) is 0.529. The molecule has 1 aromatic carbocycles. The van der Waals surface area contributed by atoms with E-state index in [1.165, 1.54) is 6.92 Å². The van der Waals surface area contributed by atoms with Crippen molar-refractivity contribution in [3.63, 3.8) is 0 Å². The summed E-state index contributed by atoms with van der Waals surface area (Å²) in [6, 6.07) is 2.97. The van der Waals surface area contributed by atoms with E-state index in [1.807, 2.05) is 0 Å². The van der Waals surface area contributed by atoms with Gasteiger partial charge in [-0.15, -0.1) is 0 Å². The molecule has 148 valence electrons. The molecule has 0 radical (unpaired) electrons. The number of rotatable bonds is 5. The number of likely N-dealkylation sites (tertiary alicyclic amines) is 1. The van der Waals surface area contributed by atoms with Gasteiger partial charge in [0.2, 0.25) is 0 Å². The minimum atomic E-state index is -3.83. The van der Waals surface area contributed by atoms with Crippen molar-refractivity contribution in [2.75, 3.05) is 19.3 Å². The van der Waals surface area contributed by atoms with E-state index >= 15 is 0 Å². The Morgan fingerprint density at radius 3 is 2.30 bits per heavy atom. The summed E-state index contributed by atoms with van der Waals surface area (Å²) >= 11 is 0. The molecular weight excluding hydrogens is 376 g/mol. The standard InChI is InChI=1S/C17H22N2O7S/c1-12(16(20)18-9-5-3-4-6-10-18)26-17(21)13-7-8-15(27(2,24)25)14(11-13)19(22)23/h7-8,11-12H,3-6,9-10H2,1-2H3/t12-/m0/s1. The average Bonchev–Trinajstić information content (AvgIpc) is 2.88. The maximum Gasteiger partial charge on any atom is 0.339 e. The summed E-state index contributed by atoms with van der Waals surface area (Å²) < 4.78 is 28.4. The van der Waals surface area contributed by atoms with Gasteiger partial charge in [0.25, 0.3) is 11.6 Å². The van der Waals surface area contributed by atoms with Crippen molar-refractivity contribution >= 4 is 27.4 Å². The summed E-state index contributed by atoms with van der Waals surface area (Å²) in [6.45, 7) is 2.66. The number of sulfone groups is 1. The zero-order valence-corrected chi connectivity index (χ0v) is 16.0. The number of nitro groups is 1. The van der Waals surface area contributed by atoms with Crippen LogP contribution >= 0.6 is 0 Å². The fourth-order valence-electron chi connectivity index (χ4n) is 2.93. The van der Waals surface area contributed by atoms with E-state index in [-0.39, 0.29) is 11.5 Å². The Labute approximate surface area is 157 Å². The van der Waals surface area contributed by atoms with Crippen LogP contribution in [0.1, 0.15) is 43.0 Å². The summed E-state index contributed by atoms with van der Waals surface area (Å²) in [4.78, 5) is 36.2. The SMILES string of the molecule is C[C@H](OC(=O)c1ccc(S(C)(=O)=O)c([N+](=O)[O-])c1)C(=O)N1CCCCCC1. The molecule has 1 aliphatic rings. The summed E-state index contributed by atoms with van der Waals surface area (Å²) in [6.07, 6.45) is 3.69. The highest BCUT2D eigenvalue weighted by atomic mass is 32.2. The van der Waals surface area contributed by atoms with Crippen molar-refractivity contribution in [1.29, 1.82) is 0 Å². The molecule has 27 heavy (non-hydrogen) atoms. The minimum absolute atomic E-state index is 0.190. The van der Waals surface area contributed by atoms with Crippen LogP contribution in [0, 0.1) is 10.1 Å². The Bertz CT molecular complexity index is 843. The average molecular weight is 398 g/mol. The third-order valence-electron chi connectivity index (χ3n) is 4.34. The van der Waals surface area contributed by atoms with Crippen molar-refractivity contribution in [2.24, 2.45) is 0 Å². The Kier molecular flexibility index (Phi) is 6.53. The number of hydrogen-bond donors (Lipinski definition) is 0. The van der Waals surface area contributed by atoms with Gasteiger partial charge < -0.3 is 9.64 Å². The van der Waals surface area contributed by atoms with Gasteiger partial charge in [-0.25, -0.2) is 13.2 Å². The number of carbonyl (C=O) groups excluding carboxylic acids is 2. The predicted molar refractivity (Wildman–Crippen MR) is 96.1 cm³/mol. The highest BCUT2D eigenvalue weighted by Crippen LogP contribution is 2.25. The second-order valence-electron chi connectivity index (χ2n) is 6.50. The van der Waals surface area contributed by atoms with Gasteiger partial charge in [0.15, 0.2) is 15.9 Å². The van der Waals surface area contributed by atoms with Crippen LogP contribution in [0.4, 0.5) is 5.69 Å². The molecule has 0 saturated carbocycles. The molecule has 0 spiro atoms. The van der Waals surface area contributed by atoms with Gasteiger partial charge in [-0.2, -0.15) is 0 Å². The molecule has 0 aromatic heterocycles. The van der Waals surface area contributed by atoms with Crippen molar-refractivity contribution in [3.05, 3.63) is 33.9 Å². The zero-order valence-electron chi connectivity index (χ0n) is 15.2. The van der Waals surface area contributed by atoms with Crippen LogP contribution in [0.25, 0.3) is 0 Å². The molecule has 1 aliphatic heterocycles. The van der Waals surface area contributed by atoms with E-state index in [0.717, 1.165) is 50.1 Å². The number of esters is 1. The smallest absolute Gasteiger partial charge is 0.339 e. The van der Waals surface area contributed by atoms with E-state index in [0.29, 0.717) is 13.1 Å². The van der Waals surface area contributed by atoms with Crippen molar-refractivity contribution < 1.29 is 27.7 Å². The summed E-state index contributed by atoms with van der Waals surface area (Å²) in [5.74, 6) is -1.23. The highest BCUT2D eigenvalue weighted by molar-refractivity contribution is 7.90. The van der Waals surface area contributed by atoms with Crippen LogP contribution < -0.4 is 0 Å². The van der Waals surface area contributed by atoms with Crippen LogP contribution in [0.15, 0.2) is 23.1 Å². The van der Waals surface area contributed by atoms with Crippen LogP contribution in [0.2, 0.25) is 0 Å².